The lowest BCUT2D eigenvalue weighted by atomic mass is 10.0. The predicted octanol–water partition coefficient (Wildman–Crippen LogP) is 4.04. The first-order valence-electron chi connectivity index (χ1n) is 7.39. The van der Waals surface area contributed by atoms with Crippen molar-refractivity contribution in [3.63, 3.8) is 0 Å². The minimum atomic E-state index is 0.297. The first-order valence-corrected chi connectivity index (χ1v) is 7.39. The number of benzene rings is 1. The number of rotatable bonds is 5. The average molecular weight is 272 g/mol. The van der Waals surface area contributed by atoms with Crippen molar-refractivity contribution >= 4 is 0 Å². The van der Waals surface area contributed by atoms with E-state index in [1.54, 1.807) is 4.68 Å². The quantitative estimate of drug-likeness (QED) is 0.892. The van der Waals surface area contributed by atoms with Crippen molar-refractivity contribution in [3.05, 3.63) is 41.1 Å². The molecular formula is C17H24N2O. The van der Waals surface area contributed by atoms with Crippen molar-refractivity contribution in [2.45, 2.75) is 47.0 Å². The molecule has 20 heavy (non-hydrogen) atoms. The van der Waals surface area contributed by atoms with Crippen LogP contribution >= 0.6 is 0 Å². The average Bonchev–Trinajstić information content (AvgIpc) is 2.69. The number of nitrogens with zero attached hydrogens (tertiary/aromatic N) is 2. The van der Waals surface area contributed by atoms with Gasteiger partial charge in [-0.05, 0) is 37.8 Å². The molecule has 0 saturated carbocycles. The third kappa shape index (κ3) is 3.03. The highest BCUT2D eigenvalue weighted by Gasteiger charge is 2.18. The maximum absolute atomic E-state index is 10.5. The Hall–Kier alpha value is -1.77. The van der Waals surface area contributed by atoms with Gasteiger partial charge in [-0.2, -0.15) is 5.10 Å². The summed E-state index contributed by atoms with van der Waals surface area (Å²) in [7, 11) is 0. The molecule has 0 amide bonds. The largest absolute Gasteiger partial charge is 0.493 e. The summed E-state index contributed by atoms with van der Waals surface area (Å²) >= 11 is 0. The van der Waals surface area contributed by atoms with Crippen molar-refractivity contribution in [1.82, 2.24) is 9.78 Å². The molecule has 0 aliphatic heterocycles. The Morgan fingerprint density at radius 2 is 1.85 bits per heavy atom. The van der Waals surface area contributed by atoms with E-state index in [0.717, 1.165) is 36.2 Å². The lowest BCUT2D eigenvalue weighted by Crippen LogP contribution is -1.97. The highest BCUT2D eigenvalue weighted by Crippen LogP contribution is 2.28. The normalized spacial score (nSPS) is 11.2. The van der Waals surface area contributed by atoms with Crippen LogP contribution in [0.5, 0.6) is 5.88 Å². The van der Waals surface area contributed by atoms with Crippen LogP contribution in [-0.2, 0) is 12.8 Å². The van der Waals surface area contributed by atoms with E-state index >= 15 is 0 Å². The fourth-order valence-corrected chi connectivity index (χ4v) is 2.41. The Kier molecular flexibility index (Phi) is 4.48. The molecule has 3 heteroatoms. The molecular weight excluding hydrogens is 248 g/mol. The van der Waals surface area contributed by atoms with Crippen molar-refractivity contribution in [1.29, 1.82) is 0 Å². The maximum Gasteiger partial charge on any atom is 0.217 e. The van der Waals surface area contributed by atoms with Crippen LogP contribution in [0.15, 0.2) is 24.3 Å². The Balaban J connectivity index is 2.45. The van der Waals surface area contributed by atoms with Gasteiger partial charge in [0.2, 0.25) is 5.88 Å². The molecule has 0 aliphatic carbocycles. The van der Waals surface area contributed by atoms with Crippen LogP contribution in [0.4, 0.5) is 0 Å². The van der Waals surface area contributed by atoms with Gasteiger partial charge in [0.15, 0.2) is 0 Å². The third-order valence-corrected chi connectivity index (χ3v) is 3.42. The summed E-state index contributed by atoms with van der Waals surface area (Å²) in [6.45, 7) is 8.53. The van der Waals surface area contributed by atoms with E-state index in [-0.39, 0.29) is 0 Å². The SMILES string of the molecule is CCCc1nn(-c2ccc(C)cc2)c(O)c1CC(C)C. The third-order valence-electron chi connectivity index (χ3n) is 3.42. The van der Waals surface area contributed by atoms with E-state index in [9.17, 15) is 5.11 Å². The lowest BCUT2D eigenvalue weighted by molar-refractivity contribution is 0.424. The molecule has 0 saturated heterocycles. The number of hydrogen-bond donors (Lipinski definition) is 1. The lowest BCUT2D eigenvalue weighted by Gasteiger charge is -2.06. The summed E-state index contributed by atoms with van der Waals surface area (Å²) in [6, 6.07) is 8.07. The first-order chi connectivity index (χ1) is 9.52. The molecule has 108 valence electrons. The zero-order valence-corrected chi connectivity index (χ0v) is 12.8. The summed E-state index contributed by atoms with van der Waals surface area (Å²) in [4.78, 5) is 0. The molecule has 3 nitrogen and oxygen atoms in total. The maximum atomic E-state index is 10.5. The van der Waals surface area contributed by atoms with Crippen LogP contribution in [-0.4, -0.2) is 14.9 Å². The Morgan fingerprint density at radius 3 is 2.40 bits per heavy atom. The molecule has 1 N–H and O–H groups in total. The van der Waals surface area contributed by atoms with E-state index in [0.29, 0.717) is 11.8 Å². The van der Waals surface area contributed by atoms with Crippen molar-refractivity contribution in [3.8, 4) is 11.6 Å². The molecule has 1 heterocycles. The van der Waals surface area contributed by atoms with Crippen LogP contribution in [0.3, 0.4) is 0 Å². The number of hydrogen-bond acceptors (Lipinski definition) is 2. The molecule has 0 radical (unpaired) electrons. The van der Waals surface area contributed by atoms with Crippen molar-refractivity contribution < 1.29 is 5.11 Å². The molecule has 1 aromatic carbocycles. The highest BCUT2D eigenvalue weighted by atomic mass is 16.3. The second-order valence-corrected chi connectivity index (χ2v) is 5.84. The molecule has 0 aliphatic rings. The molecule has 2 aromatic rings. The zero-order chi connectivity index (χ0) is 14.7. The van der Waals surface area contributed by atoms with E-state index in [4.69, 9.17) is 0 Å². The number of aromatic nitrogens is 2. The summed E-state index contributed by atoms with van der Waals surface area (Å²) in [5.74, 6) is 0.804. The summed E-state index contributed by atoms with van der Waals surface area (Å²) in [6.07, 6.45) is 2.82. The highest BCUT2D eigenvalue weighted by molar-refractivity contribution is 5.42. The summed E-state index contributed by atoms with van der Waals surface area (Å²) in [5.41, 5.74) is 4.15. The van der Waals surface area contributed by atoms with Crippen LogP contribution < -0.4 is 0 Å². The van der Waals surface area contributed by atoms with Gasteiger partial charge in [0, 0.05) is 5.56 Å². The number of aryl methyl sites for hydroxylation is 2. The van der Waals surface area contributed by atoms with E-state index < -0.39 is 0 Å². The predicted molar refractivity (Wildman–Crippen MR) is 82.5 cm³/mol. The molecule has 0 fully saturated rings. The fraction of sp³-hybridized carbons (Fsp3) is 0.471. The Morgan fingerprint density at radius 1 is 1.20 bits per heavy atom. The molecule has 0 bridgehead atoms. The fourth-order valence-electron chi connectivity index (χ4n) is 2.41. The van der Waals surface area contributed by atoms with Gasteiger partial charge in [-0.3, -0.25) is 0 Å². The van der Waals surface area contributed by atoms with Crippen molar-refractivity contribution in [2.75, 3.05) is 0 Å². The van der Waals surface area contributed by atoms with Crippen LogP contribution in [0.25, 0.3) is 5.69 Å². The zero-order valence-electron chi connectivity index (χ0n) is 12.8. The Bertz CT molecular complexity index is 567. The minimum Gasteiger partial charge on any atom is -0.493 e. The van der Waals surface area contributed by atoms with Gasteiger partial charge >= 0.3 is 0 Å². The first kappa shape index (κ1) is 14.6. The van der Waals surface area contributed by atoms with Crippen molar-refractivity contribution in [2.24, 2.45) is 5.92 Å². The van der Waals surface area contributed by atoms with E-state index in [1.807, 2.05) is 24.3 Å². The molecule has 1 aromatic heterocycles. The Labute approximate surface area is 121 Å². The van der Waals surface area contributed by atoms with Gasteiger partial charge in [-0.25, -0.2) is 4.68 Å². The molecule has 2 rings (SSSR count). The monoisotopic (exact) mass is 272 g/mol. The molecule has 0 unspecified atom stereocenters. The van der Waals surface area contributed by atoms with Gasteiger partial charge in [-0.1, -0.05) is 44.9 Å². The topological polar surface area (TPSA) is 38.0 Å². The number of aromatic hydroxyl groups is 1. The molecule has 0 atom stereocenters. The minimum absolute atomic E-state index is 0.297. The summed E-state index contributed by atoms with van der Waals surface area (Å²) < 4.78 is 1.67. The van der Waals surface area contributed by atoms with E-state index in [2.05, 4.69) is 32.8 Å². The van der Waals surface area contributed by atoms with Crippen LogP contribution in [0.2, 0.25) is 0 Å². The van der Waals surface area contributed by atoms with E-state index in [1.165, 1.54) is 5.56 Å². The second kappa shape index (κ2) is 6.12. The summed E-state index contributed by atoms with van der Waals surface area (Å²) in [5, 5.41) is 15.1. The smallest absolute Gasteiger partial charge is 0.217 e. The van der Waals surface area contributed by atoms with Gasteiger partial charge in [-0.15, -0.1) is 0 Å². The second-order valence-electron chi connectivity index (χ2n) is 5.84. The molecule has 0 spiro atoms. The van der Waals surface area contributed by atoms with Gasteiger partial charge < -0.3 is 5.11 Å². The standard InChI is InChI=1S/C17H24N2O/c1-5-6-16-15(11-12(2)3)17(20)19(18-16)14-9-7-13(4)8-10-14/h7-10,12,20H,5-6,11H2,1-4H3. The van der Waals surface area contributed by atoms with Gasteiger partial charge in [0.25, 0.3) is 0 Å². The van der Waals surface area contributed by atoms with Gasteiger partial charge in [0.1, 0.15) is 0 Å². The van der Waals surface area contributed by atoms with Gasteiger partial charge in [0.05, 0.1) is 11.4 Å². The van der Waals surface area contributed by atoms with Crippen LogP contribution in [0.1, 0.15) is 44.0 Å². The van der Waals surface area contributed by atoms with Crippen LogP contribution in [0, 0.1) is 12.8 Å².